The van der Waals surface area contributed by atoms with E-state index in [1.165, 1.54) is 88.5 Å². The molecule has 35 nitrogen and oxygen atoms in total. The number of phenols is 1. The smallest absolute Gasteiger partial charge is 0.255 e. The van der Waals surface area contributed by atoms with Gasteiger partial charge in [-0.3, -0.25) is 48.5 Å². The molecule has 0 radical (unpaired) electrons. The summed E-state index contributed by atoms with van der Waals surface area (Å²) in [6.45, 7) is 9.26. The number of benzene rings is 5. The first-order chi connectivity index (χ1) is 58.0. The van der Waals surface area contributed by atoms with Crippen molar-refractivity contribution in [1.82, 2.24) is 47.9 Å². The van der Waals surface area contributed by atoms with Crippen molar-refractivity contribution in [2.75, 3.05) is 20.3 Å². The summed E-state index contributed by atoms with van der Waals surface area (Å²) in [7, 11) is 1.49. The molecule has 4 saturated carbocycles. The third-order valence-corrected chi connectivity index (χ3v) is 25.3. The van der Waals surface area contributed by atoms with Gasteiger partial charge in [0.25, 0.3) is 5.91 Å². The Morgan fingerprint density at radius 1 is 0.689 bits per heavy atom. The molecule has 15 bridgehead atoms. The van der Waals surface area contributed by atoms with E-state index in [9.17, 15) is 60.3 Å². The summed E-state index contributed by atoms with van der Waals surface area (Å²) in [6.07, 6.45) is -12.1. The predicted octanol–water partition coefficient (Wildman–Crippen LogP) is 2.54. The zero-order chi connectivity index (χ0) is 87.4. The molecule has 17 rings (SSSR count). The van der Waals surface area contributed by atoms with Crippen LogP contribution in [0, 0.1) is 29.6 Å². The number of unbranched alkanes of at least 4 members (excludes halogenated alkanes) is 3. The van der Waals surface area contributed by atoms with Crippen molar-refractivity contribution in [2.24, 2.45) is 35.3 Å². The highest BCUT2D eigenvalue weighted by molar-refractivity contribution is 6.32. The van der Waals surface area contributed by atoms with E-state index >= 15 is 28.8 Å². The molecule has 2 saturated heterocycles. The van der Waals surface area contributed by atoms with Gasteiger partial charge in [-0.1, -0.05) is 82.0 Å². The lowest BCUT2D eigenvalue weighted by molar-refractivity contribution is -0.333. The van der Waals surface area contributed by atoms with Crippen LogP contribution in [0.25, 0.3) is 11.1 Å². The maximum absolute atomic E-state index is 16.6. The standard InChI is InChI=1S/C86H107ClN10O25/c1-8-9-10-11-20-116-38(5)76(106)91-60(100)33-55-78(108)93-65-46-29-57(73(122-84-74(72(104)71(103)59(35-98)120-84)121-61-34-85(6,88)75(105)37(4)117-61)58(30-46)119-56-19-15-43(28-53(56)87)70(102)68(82(112)90-55)96-77(107)54(89-7)21-36(2)3)118-48-16-12-41(13-17-48)69(101)67-83(113)95-66(81(111)92-63-44-23-39-22-40(25-44)26-45(63)24-39)50-31-47(99)32-52-62(50)49-27-42(14-18-51(49)86(52,114)115)64(79(109)97-67)94-80(65)110/h12-19,27-32,36-40,44-45,54-55,59,61,63-72,74-75,84,89,98-99,101-105,114-115H,8-11,20-26,33-35,88H2,1-7H3,(H,90,112)(H,92,111)(H,93,108)(H,94,110)(H,95,113)(H,96,107)(H,97,109)(H,91,100,106)/t37-,38?,39?,40?,44?,45?,54+,55-,59+,61-,63?,64+,65+,66-,67-,68+,69+,70+,71+,72-,74+,75+,84-,85-/m0/s1. The third kappa shape index (κ3) is 18.4. The number of carbonyl (C=O) groups excluding carboxylic acids is 9. The van der Waals surface area contributed by atoms with Crippen molar-refractivity contribution in [3.63, 3.8) is 0 Å². The number of aromatic hydroxyl groups is 1. The van der Waals surface area contributed by atoms with Crippen LogP contribution in [0.15, 0.2) is 84.9 Å². The summed E-state index contributed by atoms with van der Waals surface area (Å²) in [5, 5.41) is 131. The minimum Gasteiger partial charge on any atom is -0.508 e. The number of halogens is 1. The highest BCUT2D eigenvalue weighted by Gasteiger charge is 2.54. The van der Waals surface area contributed by atoms with Gasteiger partial charge < -0.3 is 127 Å². The fourth-order valence-electron chi connectivity index (χ4n) is 18.8. The van der Waals surface area contributed by atoms with Crippen molar-refractivity contribution >= 4 is 64.8 Å². The van der Waals surface area contributed by atoms with E-state index in [0.717, 1.165) is 75.6 Å². The Bertz CT molecular complexity index is 4800. The van der Waals surface area contributed by atoms with E-state index in [-0.39, 0.29) is 104 Å². The van der Waals surface area contributed by atoms with Crippen molar-refractivity contribution in [2.45, 2.75) is 246 Å². The van der Waals surface area contributed by atoms with Crippen LogP contribution < -0.4 is 67.8 Å². The molecule has 7 aliphatic heterocycles. The summed E-state index contributed by atoms with van der Waals surface area (Å²) in [5.41, 5.74) is 3.32. The monoisotopic (exact) mass is 1710 g/mol. The quantitative estimate of drug-likeness (QED) is 0.0371. The van der Waals surface area contributed by atoms with Gasteiger partial charge in [-0.05, 0) is 196 Å². The molecule has 7 heterocycles. The molecular weight excluding hydrogens is 1610 g/mol. The summed E-state index contributed by atoms with van der Waals surface area (Å²) in [6, 6.07) is 2.74. The number of ether oxygens (including phenoxy) is 7. The summed E-state index contributed by atoms with van der Waals surface area (Å²) in [4.78, 5) is 139. The van der Waals surface area contributed by atoms with Crippen molar-refractivity contribution < 1.29 is 122 Å². The molecule has 1 unspecified atom stereocenters. The van der Waals surface area contributed by atoms with Gasteiger partial charge in [0.15, 0.2) is 23.9 Å². The molecule has 0 aromatic heterocycles. The van der Waals surface area contributed by atoms with E-state index in [4.69, 9.17) is 50.5 Å². The molecule has 9 amide bonds. The Labute approximate surface area is 707 Å². The van der Waals surface area contributed by atoms with E-state index in [1.807, 2.05) is 20.8 Å². The number of nitrogens with one attached hydrogen (secondary N) is 9. The molecule has 12 aliphatic rings. The highest BCUT2D eigenvalue weighted by Crippen LogP contribution is 2.56. The Balaban J connectivity index is 0.956. The molecule has 36 heteroatoms. The Hall–Kier alpha value is -9.54. The molecular formula is C86H107ClN10O25. The number of phenolic OH excluding ortho intramolecular Hbond substituents is 1. The highest BCUT2D eigenvalue weighted by atomic mass is 35.5. The van der Waals surface area contributed by atoms with Crippen LogP contribution in [-0.2, 0) is 67.9 Å². The molecule has 6 fully saturated rings. The first-order valence-corrected chi connectivity index (χ1v) is 42.0. The fourth-order valence-corrected chi connectivity index (χ4v) is 19.0. The first kappa shape index (κ1) is 88.8. The number of carbonyl (C=O) groups is 9. The second kappa shape index (κ2) is 36.3. The number of aliphatic hydroxyl groups excluding tert-OH is 6. The van der Waals surface area contributed by atoms with Crippen LogP contribution in [0.3, 0.4) is 0 Å². The molecule has 0 spiro atoms. The van der Waals surface area contributed by atoms with Gasteiger partial charge in [0.05, 0.1) is 36.3 Å². The zero-order valence-electron chi connectivity index (χ0n) is 68.4. The number of nitrogens with two attached hydrogens (primary N) is 1. The van der Waals surface area contributed by atoms with Gasteiger partial charge >= 0.3 is 0 Å². The molecule has 5 aliphatic carbocycles. The molecule has 658 valence electrons. The maximum Gasteiger partial charge on any atom is 0.255 e. The van der Waals surface area contributed by atoms with Crippen LogP contribution >= 0.6 is 11.6 Å². The lowest BCUT2D eigenvalue weighted by Gasteiger charge is -2.54. The number of fused-ring (bicyclic) bond motifs is 12. The number of aliphatic hydroxyl groups is 8. The average Bonchev–Trinajstić information content (AvgIpc) is 1.56. The molecule has 122 heavy (non-hydrogen) atoms. The van der Waals surface area contributed by atoms with Crippen LogP contribution in [0.4, 0.5) is 0 Å². The average molecular weight is 1720 g/mol. The first-order valence-electron chi connectivity index (χ1n) is 41.6. The van der Waals surface area contributed by atoms with Gasteiger partial charge in [0.1, 0.15) is 90.1 Å². The minimum absolute atomic E-state index is 0.0845. The summed E-state index contributed by atoms with van der Waals surface area (Å²) >= 11 is 7.22. The predicted molar refractivity (Wildman–Crippen MR) is 431 cm³/mol. The van der Waals surface area contributed by atoms with Crippen LogP contribution in [-0.4, -0.2) is 210 Å². The van der Waals surface area contributed by atoms with Gasteiger partial charge in [0, 0.05) is 35.7 Å². The van der Waals surface area contributed by atoms with Gasteiger partial charge in [0.2, 0.25) is 65.1 Å². The van der Waals surface area contributed by atoms with Crippen LogP contribution in [0.5, 0.6) is 34.5 Å². The minimum atomic E-state index is -2.97. The zero-order valence-corrected chi connectivity index (χ0v) is 69.1. The normalized spacial score (nSPS) is 31.8. The number of amides is 9. The summed E-state index contributed by atoms with van der Waals surface area (Å²) < 4.78 is 44.9. The van der Waals surface area contributed by atoms with Gasteiger partial charge in [-0.2, -0.15) is 0 Å². The second-order valence-corrected chi connectivity index (χ2v) is 34.9. The van der Waals surface area contributed by atoms with Crippen LogP contribution in [0.2, 0.25) is 5.02 Å². The molecule has 5 aromatic rings. The maximum atomic E-state index is 16.6. The molecule has 19 atom stereocenters. The largest absolute Gasteiger partial charge is 0.508 e. The van der Waals surface area contributed by atoms with Crippen molar-refractivity contribution in [3.8, 4) is 45.6 Å². The van der Waals surface area contributed by atoms with Crippen molar-refractivity contribution in [1.29, 1.82) is 0 Å². The van der Waals surface area contributed by atoms with E-state index in [1.54, 1.807) is 0 Å². The Morgan fingerprint density at radius 2 is 1.35 bits per heavy atom. The van der Waals surface area contributed by atoms with Crippen molar-refractivity contribution in [3.05, 3.63) is 129 Å². The van der Waals surface area contributed by atoms with Gasteiger partial charge in [-0.15, -0.1) is 0 Å². The third-order valence-electron chi connectivity index (χ3n) is 25.0. The number of rotatable bonds is 21. The molecule has 20 N–H and O–H groups in total. The van der Waals surface area contributed by atoms with E-state index in [2.05, 4.69) is 47.9 Å². The SMILES string of the molecule is CCCCCCOC(C)C(=O)NC(=O)C[C@@H]1NC(=O)[C@H](NC(=O)[C@@H](CC(C)C)NC)[C@H](O)c2ccc(c(Cl)c2)Oc2cc3cc(c2O[C@@H]2O[C@H](CO)[C@@H](O)[C@H](O)[C@H]2O[C@H]2C[C@](C)(N)[C@H](O)[C@H](C)O2)Oc2ccc(cc2)[C@@H](O)[C@@H]2NC(=O)[C@H](NC(=O)[C@@H]3NC1=O)c1ccc3c(c1)-c1c(cc(O)cc1C3(O)O)[C@@H](C(=O)NC1C3CC4CC(C3)CC1C4)NC2=O. The number of likely N-dealkylation sites (N-methyl/N-ethyl adjacent to an activating group) is 1. The second-order valence-electron chi connectivity index (χ2n) is 34.5. The molecule has 5 aromatic carbocycles. The lowest BCUT2D eigenvalue weighted by atomic mass is 9.54. The van der Waals surface area contributed by atoms with Gasteiger partial charge in [-0.25, -0.2) is 0 Å². The van der Waals surface area contributed by atoms with Crippen LogP contribution in [0.1, 0.15) is 188 Å². The Morgan fingerprint density at radius 3 is 2.02 bits per heavy atom. The number of hydrogen-bond donors (Lipinski definition) is 19. The van der Waals surface area contributed by atoms with E-state index in [0.29, 0.717) is 18.3 Å². The topological polar surface area (TPSA) is 535 Å². The van der Waals surface area contributed by atoms with E-state index < -0.39 is 216 Å². The summed E-state index contributed by atoms with van der Waals surface area (Å²) in [5.74, 6) is -15.2. The fraction of sp³-hybridized carbons (Fsp3) is 0.547. The Kier molecular flexibility index (Phi) is 26.4. The lowest BCUT2D eigenvalue weighted by Crippen LogP contribution is -2.64. The number of hydrogen-bond acceptors (Lipinski definition) is 27. The number of imide groups is 1.